The molecule has 92 valence electrons. The number of thiocarbonyl (C=S) groups is 1. The molecule has 0 aliphatic rings. The summed E-state index contributed by atoms with van der Waals surface area (Å²) in [4.78, 5) is 4.00. The highest BCUT2D eigenvalue weighted by atomic mass is 79.9. The molecule has 18 heavy (non-hydrogen) atoms. The number of hydrogen-bond donors (Lipinski definition) is 1. The van der Waals surface area contributed by atoms with Crippen LogP contribution in [0.15, 0.2) is 41.1 Å². The number of ether oxygens (including phenoxy) is 1. The van der Waals surface area contributed by atoms with Crippen LogP contribution in [0, 0.1) is 5.82 Å². The van der Waals surface area contributed by atoms with E-state index in [9.17, 15) is 4.39 Å². The van der Waals surface area contributed by atoms with Crippen LogP contribution in [0.4, 0.5) is 4.39 Å². The fourth-order valence-corrected chi connectivity index (χ4v) is 2.18. The number of pyridine rings is 1. The van der Waals surface area contributed by atoms with Crippen molar-refractivity contribution in [2.45, 2.75) is 0 Å². The molecule has 0 radical (unpaired) electrons. The number of nitrogens with two attached hydrogens (primary N) is 1. The molecule has 0 aliphatic heterocycles. The molecule has 1 heterocycles. The van der Waals surface area contributed by atoms with E-state index < -0.39 is 5.82 Å². The van der Waals surface area contributed by atoms with Crippen LogP contribution in [0.2, 0.25) is 0 Å². The minimum Gasteiger partial charge on any atom is -0.453 e. The Labute approximate surface area is 117 Å². The summed E-state index contributed by atoms with van der Waals surface area (Å²) in [5.74, 6) is -0.0228. The van der Waals surface area contributed by atoms with Gasteiger partial charge in [0.15, 0.2) is 11.6 Å². The number of benzene rings is 1. The zero-order valence-corrected chi connectivity index (χ0v) is 11.5. The second-order valence-electron chi connectivity index (χ2n) is 3.39. The summed E-state index contributed by atoms with van der Waals surface area (Å²) in [6, 6.07) is 6.45. The Kier molecular flexibility index (Phi) is 3.88. The van der Waals surface area contributed by atoms with Crippen LogP contribution in [0.3, 0.4) is 0 Å². The lowest BCUT2D eigenvalue weighted by molar-refractivity contribution is 0.438. The minimum absolute atomic E-state index is 0.0786. The van der Waals surface area contributed by atoms with Gasteiger partial charge in [-0.25, -0.2) is 4.39 Å². The predicted octanol–water partition coefficient (Wildman–Crippen LogP) is 3.41. The van der Waals surface area contributed by atoms with Crippen molar-refractivity contribution in [2.75, 3.05) is 0 Å². The van der Waals surface area contributed by atoms with Crippen LogP contribution in [0.5, 0.6) is 11.5 Å². The number of rotatable bonds is 3. The van der Waals surface area contributed by atoms with Crippen molar-refractivity contribution in [3.63, 3.8) is 0 Å². The molecule has 1 aromatic carbocycles. The van der Waals surface area contributed by atoms with Crippen molar-refractivity contribution in [1.82, 2.24) is 4.98 Å². The van der Waals surface area contributed by atoms with E-state index in [4.69, 9.17) is 22.7 Å². The SMILES string of the molecule is NC(=S)c1ccc(Oc2cccnc2)c(F)c1Br. The van der Waals surface area contributed by atoms with Crippen molar-refractivity contribution in [1.29, 1.82) is 0 Å². The Morgan fingerprint density at radius 2 is 2.17 bits per heavy atom. The first-order valence-corrected chi connectivity index (χ1v) is 6.15. The molecule has 3 nitrogen and oxygen atoms in total. The van der Waals surface area contributed by atoms with Gasteiger partial charge in [-0.05, 0) is 40.2 Å². The van der Waals surface area contributed by atoms with Crippen LogP contribution in [-0.4, -0.2) is 9.97 Å². The molecule has 0 aliphatic carbocycles. The molecule has 0 saturated heterocycles. The van der Waals surface area contributed by atoms with Gasteiger partial charge in [-0.1, -0.05) is 12.2 Å². The molecular weight excluding hydrogens is 319 g/mol. The lowest BCUT2D eigenvalue weighted by Crippen LogP contribution is -2.11. The Hall–Kier alpha value is -1.53. The van der Waals surface area contributed by atoms with Gasteiger partial charge >= 0.3 is 0 Å². The summed E-state index contributed by atoms with van der Waals surface area (Å²) in [5.41, 5.74) is 5.90. The molecular formula is C12H8BrFN2OS. The molecule has 0 unspecified atom stereocenters. The quantitative estimate of drug-likeness (QED) is 0.878. The van der Waals surface area contributed by atoms with Crippen LogP contribution in [-0.2, 0) is 0 Å². The maximum absolute atomic E-state index is 14.0. The van der Waals surface area contributed by atoms with Gasteiger partial charge in [0.25, 0.3) is 0 Å². The molecule has 0 atom stereocenters. The van der Waals surface area contributed by atoms with E-state index in [1.54, 1.807) is 24.4 Å². The van der Waals surface area contributed by atoms with E-state index in [1.165, 1.54) is 12.3 Å². The lowest BCUT2D eigenvalue weighted by Gasteiger charge is -2.09. The van der Waals surface area contributed by atoms with Crippen molar-refractivity contribution in [2.24, 2.45) is 5.73 Å². The smallest absolute Gasteiger partial charge is 0.180 e. The minimum atomic E-state index is -0.552. The van der Waals surface area contributed by atoms with Gasteiger partial charge in [-0.15, -0.1) is 0 Å². The van der Waals surface area contributed by atoms with E-state index in [2.05, 4.69) is 20.9 Å². The van der Waals surface area contributed by atoms with E-state index in [-0.39, 0.29) is 15.2 Å². The normalized spacial score (nSPS) is 10.1. The van der Waals surface area contributed by atoms with Crippen molar-refractivity contribution < 1.29 is 9.13 Å². The number of halogens is 2. The van der Waals surface area contributed by atoms with Crippen LogP contribution < -0.4 is 10.5 Å². The van der Waals surface area contributed by atoms with Gasteiger partial charge in [0, 0.05) is 11.8 Å². The summed E-state index contributed by atoms with van der Waals surface area (Å²) < 4.78 is 19.6. The molecule has 2 rings (SSSR count). The molecule has 1 aromatic heterocycles. The standard InChI is InChI=1S/C12H8BrFN2OS/c13-10-8(12(15)18)3-4-9(11(10)14)17-7-2-1-5-16-6-7/h1-6H,(H2,15,18). The third kappa shape index (κ3) is 2.65. The average Bonchev–Trinajstić information content (AvgIpc) is 2.36. The predicted molar refractivity (Wildman–Crippen MR) is 74.3 cm³/mol. The molecule has 6 heteroatoms. The van der Waals surface area contributed by atoms with E-state index in [0.29, 0.717) is 11.3 Å². The molecule has 0 spiro atoms. The highest BCUT2D eigenvalue weighted by molar-refractivity contribution is 9.10. The Balaban J connectivity index is 2.36. The molecule has 2 aromatic rings. The largest absolute Gasteiger partial charge is 0.453 e. The maximum Gasteiger partial charge on any atom is 0.180 e. The highest BCUT2D eigenvalue weighted by Crippen LogP contribution is 2.31. The zero-order valence-electron chi connectivity index (χ0n) is 9.06. The fraction of sp³-hybridized carbons (Fsp3) is 0. The van der Waals surface area contributed by atoms with Gasteiger partial charge in [0.1, 0.15) is 10.7 Å². The van der Waals surface area contributed by atoms with E-state index >= 15 is 0 Å². The Morgan fingerprint density at radius 1 is 1.39 bits per heavy atom. The zero-order chi connectivity index (χ0) is 13.1. The van der Waals surface area contributed by atoms with Gasteiger partial charge < -0.3 is 10.5 Å². The monoisotopic (exact) mass is 326 g/mol. The van der Waals surface area contributed by atoms with Crippen LogP contribution in [0.25, 0.3) is 0 Å². The fourth-order valence-electron chi connectivity index (χ4n) is 1.34. The highest BCUT2D eigenvalue weighted by Gasteiger charge is 2.14. The summed E-state index contributed by atoms with van der Waals surface area (Å²) in [7, 11) is 0. The van der Waals surface area contributed by atoms with Gasteiger partial charge in [0.05, 0.1) is 10.7 Å². The molecule has 0 amide bonds. The van der Waals surface area contributed by atoms with Crippen molar-refractivity contribution in [3.8, 4) is 11.5 Å². The lowest BCUT2D eigenvalue weighted by atomic mass is 10.2. The van der Waals surface area contributed by atoms with Crippen molar-refractivity contribution in [3.05, 3.63) is 52.5 Å². The van der Waals surface area contributed by atoms with Crippen LogP contribution >= 0.6 is 28.1 Å². The first-order valence-electron chi connectivity index (χ1n) is 4.95. The first-order chi connectivity index (χ1) is 8.59. The third-order valence-electron chi connectivity index (χ3n) is 2.17. The second-order valence-corrected chi connectivity index (χ2v) is 4.63. The summed E-state index contributed by atoms with van der Waals surface area (Å²) in [6.45, 7) is 0. The third-order valence-corrected chi connectivity index (χ3v) is 3.17. The summed E-state index contributed by atoms with van der Waals surface area (Å²) >= 11 is 7.92. The molecule has 2 N–H and O–H groups in total. The van der Waals surface area contributed by atoms with Gasteiger partial charge in [-0.3, -0.25) is 4.98 Å². The number of aromatic nitrogens is 1. The first kappa shape index (κ1) is 12.9. The second kappa shape index (κ2) is 5.41. The average molecular weight is 327 g/mol. The van der Waals surface area contributed by atoms with E-state index in [0.717, 1.165) is 0 Å². The Morgan fingerprint density at radius 3 is 2.78 bits per heavy atom. The molecule has 0 bridgehead atoms. The molecule has 0 fully saturated rings. The van der Waals surface area contributed by atoms with Gasteiger partial charge in [-0.2, -0.15) is 0 Å². The van der Waals surface area contributed by atoms with E-state index in [1.807, 2.05) is 0 Å². The van der Waals surface area contributed by atoms with Crippen molar-refractivity contribution >= 4 is 33.1 Å². The maximum atomic E-state index is 14.0. The number of nitrogens with zero attached hydrogens (tertiary/aromatic N) is 1. The van der Waals surface area contributed by atoms with Gasteiger partial charge in [0.2, 0.25) is 0 Å². The Bertz CT molecular complexity index is 592. The summed E-state index contributed by atoms with van der Waals surface area (Å²) in [6.07, 6.45) is 3.10. The van der Waals surface area contributed by atoms with Crippen LogP contribution in [0.1, 0.15) is 5.56 Å². The molecule has 0 saturated carbocycles. The topological polar surface area (TPSA) is 48.1 Å². The number of hydrogen-bond acceptors (Lipinski definition) is 3. The summed E-state index contributed by atoms with van der Waals surface area (Å²) in [5, 5.41) is 0.